The van der Waals surface area contributed by atoms with Gasteiger partial charge in [0.25, 0.3) is 0 Å². The van der Waals surface area contributed by atoms with Gasteiger partial charge in [-0.05, 0) is 155 Å². The largest absolute Gasteiger partial charge is 0.456 e. The highest BCUT2D eigenvalue weighted by molar-refractivity contribution is 6.12. The highest BCUT2D eigenvalue weighted by atomic mass is 16.3. The van der Waals surface area contributed by atoms with Crippen LogP contribution in [-0.4, -0.2) is 0 Å². The molecular weight excluding hydrogens is 835 g/mol. The Hall–Kier alpha value is -8.72. The van der Waals surface area contributed by atoms with E-state index in [0.29, 0.717) is 0 Å². The molecule has 0 aliphatic heterocycles. The normalized spacial score (nSPS) is 12.6. The molecule has 326 valence electrons. The second-order valence-electron chi connectivity index (χ2n) is 18.9. The molecule has 2 nitrogen and oxygen atoms in total. The van der Waals surface area contributed by atoms with Crippen LogP contribution in [0.4, 0.5) is 17.1 Å². The quantitative estimate of drug-likeness (QED) is 0.151. The first-order valence-electron chi connectivity index (χ1n) is 23.9. The van der Waals surface area contributed by atoms with Gasteiger partial charge in [0.1, 0.15) is 11.2 Å². The Bertz CT molecular complexity index is 3890. The Morgan fingerprint density at radius 2 is 0.768 bits per heavy atom. The van der Waals surface area contributed by atoms with E-state index in [4.69, 9.17) is 4.42 Å². The molecule has 1 aliphatic rings. The van der Waals surface area contributed by atoms with Crippen LogP contribution in [0.2, 0.25) is 0 Å². The van der Waals surface area contributed by atoms with Crippen molar-refractivity contribution in [3.63, 3.8) is 0 Å². The fraction of sp³-hybridized carbons (Fsp3) is 0.0448. The van der Waals surface area contributed by atoms with Crippen LogP contribution >= 0.6 is 0 Å². The van der Waals surface area contributed by atoms with Gasteiger partial charge in [-0.1, -0.05) is 196 Å². The summed E-state index contributed by atoms with van der Waals surface area (Å²) in [6.45, 7) is 4.69. The second kappa shape index (κ2) is 16.3. The summed E-state index contributed by atoms with van der Waals surface area (Å²) in [6, 6.07) is 90.6. The molecule has 0 atom stereocenters. The Kier molecular flexibility index (Phi) is 9.55. The van der Waals surface area contributed by atoms with Crippen molar-refractivity contribution in [2.24, 2.45) is 0 Å². The average Bonchev–Trinajstić information content (AvgIpc) is 3.91. The zero-order valence-corrected chi connectivity index (χ0v) is 38.5. The van der Waals surface area contributed by atoms with Crippen LogP contribution in [0.3, 0.4) is 0 Å². The van der Waals surface area contributed by atoms with Gasteiger partial charge in [0.05, 0.1) is 0 Å². The summed E-state index contributed by atoms with van der Waals surface area (Å²) in [5, 5.41) is 4.79. The minimum atomic E-state index is -0.0554. The molecule has 0 saturated heterocycles. The van der Waals surface area contributed by atoms with Crippen LogP contribution in [0.1, 0.15) is 25.0 Å². The highest BCUT2D eigenvalue weighted by Crippen LogP contribution is 2.50. The Balaban J connectivity index is 0.827. The summed E-state index contributed by atoms with van der Waals surface area (Å²) in [5.41, 5.74) is 22.4. The number of furan rings is 1. The molecule has 13 rings (SSSR count). The average molecular weight is 882 g/mol. The van der Waals surface area contributed by atoms with Crippen molar-refractivity contribution in [2.75, 3.05) is 4.90 Å². The predicted octanol–water partition coefficient (Wildman–Crippen LogP) is 18.9. The van der Waals surface area contributed by atoms with E-state index in [2.05, 4.69) is 255 Å². The number of fused-ring (bicyclic) bond motifs is 7. The van der Waals surface area contributed by atoms with E-state index in [0.717, 1.165) is 50.1 Å². The number of hydrogen-bond acceptors (Lipinski definition) is 2. The first-order chi connectivity index (χ1) is 33.9. The van der Waals surface area contributed by atoms with Crippen molar-refractivity contribution in [3.8, 4) is 66.8 Å². The molecule has 1 aromatic heterocycles. The number of benzene rings is 11. The van der Waals surface area contributed by atoms with Crippen molar-refractivity contribution >= 4 is 49.8 Å². The Morgan fingerprint density at radius 3 is 1.48 bits per heavy atom. The standard InChI is InChI=1S/C67H47NO/c1-67(2)62-18-7-5-15-59(62)60-40-33-54(43-63(60)67)48-29-36-56(37-30-48)68(57-38-31-49(32-39-57)58-17-10-20-65-66(58)61-16-6-8-19-64(61)69-65)55-34-27-46(28-35-55)45-21-23-47(24-22-45)51-13-9-14-52(41-51)53-26-25-44-11-3-4-12-50(44)42-53/h3-43H,1-2H3. The van der Waals surface area contributed by atoms with E-state index in [1.54, 1.807) is 0 Å². The fourth-order valence-electron chi connectivity index (χ4n) is 10.8. The summed E-state index contributed by atoms with van der Waals surface area (Å²) >= 11 is 0. The molecule has 0 N–H and O–H groups in total. The minimum Gasteiger partial charge on any atom is -0.456 e. The molecule has 0 radical (unpaired) electrons. The van der Waals surface area contributed by atoms with Gasteiger partial charge >= 0.3 is 0 Å². The molecule has 1 heterocycles. The number of rotatable bonds is 8. The third-order valence-electron chi connectivity index (χ3n) is 14.5. The van der Waals surface area contributed by atoms with Crippen LogP contribution in [0.15, 0.2) is 253 Å². The SMILES string of the molecule is CC1(C)c2ccccc2-c2ccc(-c3ccc(N(c4ccc(-c5ccc(-c6cccc(-c7ccc8ccccc8c7)c6)cc5)cc4)c4ccc(-c5cccc6oc7ccccc7c56)cc4)cc3)cc21. The molecule has 0 fully saturated rings. The van der Waals surface area contributed by atoms with Crippen LogP contribution in [0.25, 0.3) is 99.5 Å². The molecule has 1 aliphatic carbocycles. The first-order valence-corrected chi connectivity index (χ1v) is 23.9. The Labute approximate surface area is 403 Å². The smallest absolute Gasteiger partial charge is 0.136 e. The molecule has 0 unspecified atom stereocenters. The Morgan fingerprint density at radius 1 is 0.304 bits per heavy atom. The van der Waals surface area contributed by atoms with Gasteiger partial charge in [-0.3, -0.25) is 0 Å². The third kappa shape index (κ3) is 7.03. The van der Waals surface area contributed by atoms with Crippen molar-refractivity contribution in [1.29, 1.82) is 0 Å². The second-order valence-corrected chi connectivity index (χ2v) is 18.9. The van der Waals surface area contributed by atoms with E-state index >= 15 is 0 Å². The van der Waals surface area contributed by atoms with Gasteiger partial charge < -0.3 is 9.32 Å². The molecule has 0 saturated carbocycles. The van der Waals surface area contributed by atoms with Gasteiger partial charge in [0.15, 0.2) is 0 Å². The lowest BCUT2D eigenvalue weighted by atomic mass is 9.81. The molecule has 0 bridgehead atoms. The molecule has 11 aromatic carbocycles. The minimum absolute atomic E-state index is 0.0554. The van der Waals surface area contributed by atoms with E-state index in [1.807, 2.05) is 12.1 Å². The lowest BCUT2D eigenvalue weighted by molar-refractivity contribution is 0.660. The lowest BCUT2D eigenvalue weighted by Crippen LogP contribution is -2.14. The van der Waals surface area contributed by atoms with Gasteiger partial charge in [-0.25, -0.2) is 0 Å². The first kappa shape index (κ1) is 40.5. The maximum atomic E-state index is 6.27. The van der Waals surface area contributed by atoms with Crippen molar-refractivity contribution in [1.82, 2.24) is 0 Å². The zero-order valence-electron chi connectivity index (χ0n) is 38.5. The van der Waals surface area contributed by atoms with E-state index < -0.39 is 0 Å². The summed E-state index contributed by atoms with van der Waals surface area (Å²) in [5.74, 6) is 0. The summed E-state index contributed by atoms with van der Waals surface area (Å²) in [7, 11) is 0. The topological polar surface area (TPSA) is 16.4 Å². The molecular formula is C67H47NO. The number of hydrogen-bond donors (Lipinski definition) is 0. The molecule has 12 aromatic rings. The molecule has 0 spiro atoms. The lowest BCUT2D eigenvalue weighted by Gasteiger charge is -2.26. The molecule has 69 heavy (non-hydrogen) atoms. The van der Waals surface area contributed by atoms with Crippen molar-refractivity contribution in [3.05, 3.63) is 260 Å². The van der Waals surface area contributed by atoms with Gasteiger partial charge in [0, 0.05) is 33.2 Å². The van der Waals surface area contributed by atoms with Crippen LogP contribution in [-0.2, 0) is 5.41 Å². The van der Waals surface area contributed by atoms with Gasteiger partial charge in [-0.15, -0.1) is 0 Å². The number of anilines is 3. The highest BCUT2D eigenvalue weighted by Gasteiger charge is 2.35. The van der Waals surface area contributed by atoms with Gasteiger partial charge in [-0.2, -0.15) is 0 Å². The third-order valence-corrected chi connectivity index (χ3v) is 14.5. The predicted molar refractivity (Wildman–Crippen MR) is 291 cm³/mol. The van der Waals surface area contributed by atoms with Crippen molar-refractivity contribution < 1.29 is 4.42 Å². The van der Waals surface area contributed by atoms with Crippen LogP contribution in [0, 0.1) is 0 Å². The van der Waals surface area contributed by atoms with E-state index in [1.165, 1.54) is 77.5 Å². The summed E-state index contributed by atoms with van der Waals surface area (Å²) in [4.78, 5) is 2.36. The van der Waals surface area contributed by atoms with E-state index in [9.17, 15) is 0 Å². The number of para-hydroxylation sites is 1. The number of nitrogens with zero attached hydrogens (tertiary/aromatic N) is 1. The van der Waals surface area contributed by atoms with Crippen LogP contribution in [0.5, 0.6) is 0 Å². The zero-order chi connectivity index (χ0) is 46.1. The van der Waals surface area contributed by atoms with E-state index in [-0.39, 0.29) is 5.41 Å². The van der Waals surface area contributed by atoms with Crippen molar-refractivity contribution in [2.45, 2.75) is 19.3 Å². The monoisotopic (exact) mass is 881 g/mol. The maximum absolute atomic E-state index is 6.27. The van der Waals surface area contributed by atoms with Crippen LogP contribution < -0.4 is 4.90 Å². The molecule has 0 amide bonds. The summed E-state index contributed by atoms with van der Waals surface area (Å²) < 4.78 is 6.27. The fourth-order valence-corrected chi connectivity index (χ4v) is 10.8. The van der Waals surface area contributed by atoms with Gasteiger partial charge in [0.2, 0.25) is 0 Å². The molecule has 2 heteroatoms. The maximum Gasteiger partial charge on any atom is 0.136 e. The summed E-state index contributed by atoms with van der Waals surface area (Å²) in [6.07, 6.45) is 0.